The molecule has 0 saturated heterocycles. The Kier molecular flexibility index (Phi) is 14.6. The molecular formula is C34H54O2Si. The monoisotopic (exact) mass is 522 g/mol. The normalized spacial score (nSPS) is 18.2. The maximum Gasteiger partial charge on any atom is 0.407 e. The average molecular weight is 523 g/mol. The molecule has 0 amide bonds. The Hall–Kier alpha value is -1.42. The molecule has 0 radical (unpaired) electrons. The lowest BCUT2D eigenvalue weighted by Crippen LogP contribution is -2.65. The molecule has 0 atom stereocenters. The van der Waals surface area contributed by atoms with Crippen LogP contribution in [0.1, 0.15) is 123 Å². The fourth-order valence-electron chi connectivity index (χ4n) is 5.74. The Morgan fingerprint density at radius 2 is 1.03 bits per heavy atom. The Morgan fingerprint density at radius 1 is 0.595 bits per heavy atom. The molecule has 2 nitrogen and oxygen atoms in total. The summed E-state index contributed by atoms with van der Waals surface area (Å²) in [6, 6.07) is 21.7. The molecule has 1 fully saturated rings. The van der Waals surface area contributed by atoms with Gasteiger partial charge in [-0.3, -0.25) is 0 Å². The van der Waals surface area contributed by atoms with Crippen LogP contribution in [0.3, 0.4) is 0 Å². The lowest BCUT2D eigenvalue weighted by Gasteiger charge is -2.37. The first kappa shape index (κ1) is 30.1. The van der Waals surface area contributed by atoms with Gasteiger partial charge in [0.15, 0.2) is 0 Å². The number of hydrogen-bond acceptors (Lipinski definition) is 2. The molecule has 3 rings (SSSR count). The maximum absolute atomic E-state index is 7.13. The minimum atomic E-state index is -2.76. The third kappa shape index (κ3) is 10.7. The highest BCUT2D eigenvalue weighted by Crippen LogP contribution is 2.28. The molecule has 0 aromatic heterocycles. The van der Waals surface area contributed by atoms with Crippen LogP contribution in [0.15, 0.2) is 60.7 Å². The van der Waals surface area contributed by atoms with Crippen LogP contribution < -0.4 is 10.4 Å². The fraction of sp³-hybridized carbons (Fsp3) is 0.647. The van der Waals surface area contributed by atoms with Crippen molar-refractivity contribution in [2.45, 2.75) is 129 Å². The average Bonchev–Trinajstić information content (AvgIpc) is 2.94. The molecule has 206 valence electrons. The van der Waals surface area contributed by atoms with E-state index in [1.807, 2.05) is 0 Å². The molecular weight excluding hydrogens is 468 g/mol. The zero-order valence-electron chi connectivity index (χ0n) is 24.0. The first-order valence-electron chi connectivity index (χ1n) is 15.7. The molecule has 37 heavy (non-hydrogen) atoms. The van der Waals surface area contributed by atoms with Gasteiger partial charge in [0.2, 0.25) is 0 Å². The van der Waals surface area contributed by atoms with Crippen molar-refractivity contribution in [1.29, 1.82) is 0 Å². The van der Waals surface area contributed by atoms with Crippen molar-refractivity contribution in [3.8, 4) is 0 Å². The van der Waals surface area contributed by atoms with Crippen LogP contribution in [0.2, 0.25) is 0 Å². The SMILES string of the molecule is CCCCCCCCCCCCCCCO[Si](OC1CCC(C)CC1)(c1ccccc1)c1ccccc1. The van der Waals surface area contributed by atoms with Gasteiger partial charge in [-0.2, -0.15) is 0 Å². The summed E-state index contributed by atoms with van der Waals surface area (Å²) in [5, 5.41) is 2.49. The van der Waals surface area contributed by atoms with Crippen molar-refractivity contribution < 1.29 is 8.85 Å². The van der Waals surface area contributed by atoms with Gasteiger partial charge < -0.3 is 8.85 Å². The molecule has 2 aromatic rings. The highest BCUT2D eigenvalue weighted by atomic mass is 28.4. The van der Waals surface area contributed by atoms with Gasteiger partial charge in [0.1, 0.15) is 0 Å². The first-order valence-corrected chi connectivity index (χ1v) is 17.5. The summed E-state index contributed by atoms with van der Waals surface area (Å²) in [5.41, 5.74) is 0. The highest BCUT2D eigenvalue weighted by Gasteiger charge is 2.45. The lowest BCUT2D eigenvalue weighted by molar-refractivity contribution is 0.0891. The zero-order valence-corrected chi connectivity index (χ0v) is 25.0. The van der Waals surface area contributed by atoms with E-state index in [4.69, 9.17) is 8.85 Å². The van der Waals surface area contributed by atoms with Gasteiger partial charge in [-0.05, 0) is 48.4 Å². The highest BCUT2D eigenvalue weighted by molar-refractivity contribution is 6.92. The standard InChI is InChI=1S/C34H54O2Si/c1-3-4-5-6-7-8-9-10-11-12-13-14-21-30-35-37(33-22-17-15-18-23-33,34-24-19-16-20-25-34)36-32-28-26-31(2)27-29-32/h15-20,22-25,31-32H,3-14,21,26-30H2,1-2H3. The summed E-state index contributed by atoms with van der Waals surface area (Å²) < 4.78 is 14.1. The smallest absolute Gasteiger partial charge is 0.388 e. The fourth-order valence-corrected chi connectivity index (χ4v) is 9.14. The van der Waals surface area contributed by atoms with Crippen LogP contribution in [0.25, 0.3) is 0 Å². The first-order chi connectivity index (χ1) is 18.2. The van der Waals surface area contributed by atoms with Gasteiger partial charge >= 0.3 is 8.56 Å². The van der Waals surface area contributed by atoms with E-state index in [0.29, 0.717) is 6.10 Å². The van der Waals surface area contributed by atoms with Crippen LogP contribution in [-0.4, -0.2) is 21.3 Å². The number of hydrogen-bond donors (Lipinski definition) is 0. The molecule has 0 spiro atoms. The predicted octanol–water partition coefficient (Wildman–Crippen LogP) is 8.95. The van der Waals surface area contributed by atoms with E-state index in [-0.39, 0.29) is 0 Å². The molecule has 0 N–H and O–H groups in total. The maximum atomic E-state index is 7.13. The minimum Gasteiger partial charge on any atom is -0.388 e. The van der Waals surface area contributed by atoms with Crippen molar-refractivity contribution in [2.75, 3.05) is 6.61 Å². The molecule has 3 heteroatoms. The molecule has 0 aliphatic heterocycles. The topological polar surface area (TPSA) is 18.5 Å². The van der Waals surface area contributed by atoms with Crippen molar-refractivity contribution >= 4 is 18.9 Å². The van der Waals surface area contributed by atoms with Crippen LogP contribution in [0.5, 0.6) is 0 Å². The van der Waals surface area contributed by atoms with Crippen LogP contribution in [0.4, 0.5) is 0 Å². The predicted molar refractivity (Wildman–Crippen MR) is 162 cm³/mol. The van der Waals surface area contributed by atoms with Crippen LogP contribution >= 0.6 is 0 Å². The van der Waals surface area contributed by atoms with Gasteiger partial charge in [0.25, 0.3) is 0 Å². The van der Waals surface area contributed by atoms with Crippen molar-refractivity contribution in [1.82, 2.24) is 0 Å². The quantitative estimate of drug-likeness (QED) is 0.135. The third-order valence-electron chi connectivity index (χ3n) is 8.16. The Morgan fingerprint density at radius 3 is 1.49 bits per heavy atom. The minimum absolute atomic E-state index is 0.301. The second-order valence-electron chi connectivity index (χ2n) is 11.4. The third-order valence-corrected chi connectivity index (χ3v) is 11.6. The summed E-state index contributed by atoms with van der Waals surface area (Å²) in [6.45, 7) is 5.46. The zero-order chi connectivity index (χ0) is 26.0. The summed E-state index contributed by atoms with van der Waals surface area (Å²) in [6.07, 6.45) is 22.9. The van der Waals surface area contributed by atoms with Gasteiger partial charge in [0.05, 0.1) is 0 Å². The van der Waals surface area contributed by atoms with Gasteiger partial charge in [-0.25, -0.2) is 0 Å². The van der Waals surface area contributed by atoms with E-state index < -0.39 is 8.56 Å². The van der Waals surface area contributed by atoms with E-state index in [0.717, 1.165) is 31.8 Å². The summed E-state index contributed by atoms with van der Waals surface area (Å²) >= 11 is 0. The summed E-state index contributed by atoms with van der Waals surface area (Å²) in [4.78, 5) is 0. The van der Waals surface area contributed by atoms with E-state index in [9.17, 15) is 0 Å². The molecule has 0 unspecified atom stereocenters. The lowest BCUT2D eigenvalue weighted by atomic mass is 9.89. The number of benzene rings is 2. The molecule has 1 aliphatic carbocycles. The van der Waals surface area contributed by atoms with Crippen LogP contribution in [0, 0.1) is 5.92 Å². The van der Waals surface area contributed by atoms with Crippen molar-refractivity contribution in [2.24, 2.45) is 5.92 Å². The van der Waals surface area contributed by atoms with E-state index in [1.54, 1.807) is 0 Å². The molecule has 1 aliphatic rings. The van der Waals surface area contributed by atoms with Crippen molar-refractivity contribution in [3.05, 3.63) is 60.7 Å². The van der Waals surface area contributed by atoms with Crippen molar-refractivity contribution in [3.63, 3.8) is 0 Å². The molecule has 0 heterocycles. The second kappa shape index (κ2) is 18.0. The molecule has 0 bridgehead atoms. The number of rotatable bonds is 19. The van der Waals surface area contributed by atoms with E-state index in [1.165, 1.54) is 100 Å². The van der Waals surface area contributed by atoms with Gasteiger partial charge in [-0.15, -0.1) is 0 Å². The summed E-state index contributed by atoms with van der Waals surface area (Å²) in [7, 11) is -2.76. The van der Waals surface area contributed by atoms with E-state index >= 15 is 0 Å². The van der Waals surface area contributed by atoms with Gasteiger partial charge in [-0.1, -0.05) is 152 Å². The van der Waals surface area contributed by atoms with Crippen LogP contribution in [-0.2, 0) is 8.85 Å². The van der Waals surface area contributed by atoms with Gasteiger partial charge in [0, 0.05) is 12.7 Å². The van der Waals surface area contributed by atoms with E-state index in [2.05, 4.69) is 74.5 Å². The summed E-state index contributed by atoms with van der Waals surface area (Å²) in [5.74, 6) is 0.816. The Balaban J connectivity index is 1.48. The molecule has 1 saturated carbocycles. The Labute approximate surface area is 229 Å². The number of unbranched alkanes of at least 4 members (excludes halogenated alkanes) is 12. The molecule has 2 aromatic carbocycles. The Bertz CT molecular complexity index is 762. The largest absolute Gasteiger partial charge is 0.407 e. The second-order valence-corrected chi connectivity index (χ2v) is 14.4.